The highest BCUT2D eigenvalue weighted by atomic mass is 16.5. The Labute approximate surface area is 90.5 Å². The lowest BCUT2D eigenvalue weighted by atomic mass is 9.67. The van der Waals surface area contributed by atoms with Gasteiger partial charge in [0.25, 0.3) is 0 Å². The number of carbonyl (C=O) groups excluding carboxylic acids is 2. The van der Waals surface area contributed by atoms with E-state index in [0.717, 1.165) is 5.57 Å². The van der Waals surface area contributed by atoms with Crippen LogP contribution in [0.3, 0.4) is 0 Å². The molecule has 1 unspecified atom stereocenters. The fourth-order valence-electron chi connectivity index (χ4n) is 2.28. The lowest BCUT2D eigenvalue weighted by Gasteiger charge is -2.37. The van der Waals surface area contributed by atoms with Gasteiger partial charge in [-0.1, -0.05) is 19.4 Å². The maximum Gasteiger partial charge on any atom is 0.306 e. The highest BCUT2D eigenvalue weighted by Gasteiger charge is 2.37. The number of carbonyl (C=O) groups is 2. The van der Waals surface area contributed by atoms with Crippen molar-refractivity contribution >= 4 is 11.8 Å². The fourth-order valence-corrected chi connectivity index (χ4v) is 2.28. The van der Waals surface area contributed by atoms with E-state index in [1.165, 1.54) is 7.11 Å². The lowest BCUT2D eigenvalue weighted by Crippen LogP contribution is -2.33. The van der Waals surface area contributed by atoms with Crippen LogP contribution in [0.2, 0.25) is 0 Å². The van der Waals surface area contributed by atoms with Gasteiger partial charge in [0.2, 0.25) is 0 Å². The van der Waals surface area contributed by atoms with E-state index >= 15 is 0 Å². The second kappa shape index (κ2) is 4.17. The topological polar surface area (TPSA) is 43.4 Å². The van der Waals surface area contributed by atoms with Crippen LogP contribution in [0.1, 0.15) is 33.6 Å². The molecule has 1 aliphatic rings. The minimum atomic E-state index is -0.213. The number of hydrogen-bond donors (Lipinski definition) is 0. The molecule has 84 valence electrons. The van der Waals surface area contributed by atoms with Gasteiger partial charge in [0.15, 0.2) is 5.78 Å². The molecule has 0 aromatic heterocycles. The number of hydrogen-bond acceptors (Lipinski definition) is 3. The van der Waals surface area contributed by atoms with Crippen LogP contribution in [0.5, 0.6) is 0 Å². The summed E-state index contributed by atoms with van der Waals surface area (Å²) in [7, 11) is 1.39. The molecule has 0 bridgehead atoms. The van der Waals surface area contributed by atoms with Crippen LogP contribution >= 0.6 is 0 Å². The first-order valence-electron chi connectivity index (χ1n) is 5.14. The van der Waals surface area contributed by atoms with Crippen LogP contribution in [-0.4, -0.2) is 18.9 Å². The number of allylic oxidation sites excluding steroid dienone is 2. The van der Waals surface area contributed by atoms with Crippen molar-refractivity contribution in [3.63, 3.8) is 0 Å². The van der Waals surface area contributed by atoms with Crippen molar-refractivity contribution in [3.8, 4) is 0 Å². The predicted octanol–water partition coefficient (Wildman–Crippen LogP) is 2.11. The third-order valence-electron chi connectivity index (χ3n) is 3.11. The predicted molar refractivity (Wildman–Crippen MR) is 57.3 cm³/mol. The van der Waals surface area contributed by atoms with Crippen LogP contribution in [-0.2, 0) is 14.3 Å². The van der Waals surface area contributed by atoms with Crippen LogP contribution in [0.4, 0.5) is 0 Å². The van der Waals surface area contributed by atoms with Gasteiger partial charge in [0.1, 0.15) is 0 Å². The number of methoxy groups -OCH3 is 1. The normalized spacial score (nSPS) is 24.7. The Balaban J connectivity index is 2.89. The number of esters is 1. The van der Waals surface area contributed by atoms with Crippen LogP contribution < -0.4 is 0 Å². The zero-order chi connectivity index (χ0) is 11.6. The highest BCUT2D eigenvalue weighted by molar-refractivity contribution is 5.92. The molecule has 0 fully saturated rings. The summed E-state index contributed by atoms with van der Waals surface area (Å²) in [6, 6.07) is 0. The Morgan fingerprint density at radius 3 is 2.67 bits per heavy atom. The van der Waals surface area contributed by atoms with Crippen LogP contribution in [0.15, 0.2) is 11.6 Å². The van der Waals surface area contributed by atoms with E-state index in [0.29, 0.717) is 12.8 Å². The molecule has 3 nitrogen and oxygen atoms in total. The molecule has 1 rings (SSSR count). The molecule has 0 aromatic carbocycles. The third kappa shape index (κ3) is 2.67. The zero-order valence-corrected chi connectivity index (χ0v) is 9.79. The summed E-state index contributed by atoms with van der Waals surface area (Å²) in [6.07, 6.45) is 2.52. The van der Waals surface area contributed by atoms with Gasteiger partial charge < -0.3 is 4.74 Å². The molecular formula is C12H18O3. The Morgan fingerprint density at radius 1 is 1.60 bits per heavy atom. The molecule has 0 amide bonds. The second-order valence-corrected chi connectivity index (χ2v) is 4.85. The molecular weight excluding hydrogens is 192 g/mol. The first-order valence-corrected chi connectivity index (χ1v) is 5.14. The monoisotopic (exact) mass is 210 g/mol. The first-order chi connectivity index (χ1) is 6.86. The Kier molecular flexibility index (Phi) is 3.32. The molecule has 0 spiro atoms. The molecule has 3 heteroatoms. The van der Waals surface area contributed by atoms with E-state index in [-0.39, 0.29) is 23.1 Å². The molecule has 1 atom stereocenters. The van der Waals surface area contributed by atoms with E-state index in [9.17, 15) is 9.59 Å². The molecule has 1 aliphatic carbocycles. The third-order valence-corrected chi connectivity index (χ3v) is 3.11. The molecule has 0 radical (unpaired) electrons. The van der Waals surface area contributed by atoms with Crippen LogP contribution in [0.25, 0.3) is 0 Å². The van der Waals surface area contributed by atoms with E-state index < -0.39 is 0 Å². The van der Waals surface area contributed by atoms with Gasteiger partial charge in [0.05, 0.1) is 13.5 Å². The molecule has 0 aromatic rings. The van der Waals surface area contributed by atoms with Gasteiger partial charge in [-0.3, -0.25) is 9.59 Å². The van der Waals surface area contributed by atoms with Crippen molar-refractivity contribution in [3.05, 3.63) is 11.6 Å². The largest absolute Gasteiger partial charge is 0.469 e. The summed E-state index contributed by atoms with van der Waals surface area (Å²) in [6.45, 7) is 5.95. The van der Waals surface area contributed by atoms with Crippen molar-refractivity contribution in [2.45, 2.75) is 33.6 Å². The Hall–Kier alpha value is -1.12. The van der Waals surface area contributed by atoms with Crippen molar-refractivity contribution in [2.75, 3.05) is 7.11 Å². The van der Waals surface area contributed by atoms with Crippen molar-refractivity contribution in [1.29, 1.82) is 0 Å². The Bertz CT molecular complexity index is 313. The van der Waals surface area contributed by atoms with E-state index in [1.807, 2.05) is 20.8 Å². The molecule has 0 saturated heterocycles. The Morgan fingerprint density at radius 2 is 2.20 bits per heavy atom. The fraction of sp³-hybridized carbons (Fsp3) is 0.667. The van der Waals surface area contributed by atoms with Gasteiger partial charge in [0, 0.05) is 6.42 Å². The van der Waals surface area contributed by atoms with Gasteiger partial charge in [-0.25, -0.2) is 0 Å². The standard InChI is InChI=1S/C12H18O3/c1-8-5-9(13)7-12(2,3)10(8)6-11(14)15-4/h5,10H,6-7H2,1-4H3. The number of ketones is 1. The summed E-state index contributed by atoms with van der Waals surface area (Å²) < 4.78 is 4.67. The SMILES string of the molecule is COC(=O)CC1C(C)=CC(=O)CC1(C)C. The summed E-state index contributed by atoms with van der Waals surface area (Å²) in [4.78, 5) is 22.7. The van der Waals surface area contributed by atoms with Gasteiger partial charge in [-0.05, 0) is 24.3 Å². The molecule has 0 aliphatic heterocycles. The summed E-state index contributed by atoms with van der Waals surface area (Å²) in [5, 5.41) is 0. The summed E-state index contributed by atoms with van der Waals surface area (Å²) in [5.41, 5.74) is 0.839. The van der Waals surface area contributed by atoms with Crippen molar-refractivity contribution in [1.82, 2.24) is 0 Å². The first kappa shape index (κ1) is 12.0. The summed E-state index contributed by atoms with van der Waals surface area (Å²) >= 11 is 0. The summed E-state index contributed by atoms with van der Waals surface area (Å²) in [5.74, 6) is 0.0523. The van der Waals surface area contributed by atoms with Gasteiger partial charge >= 0.3 is 5.97 Å². The number of rotatable bonds is 2. The maximum atomic E-state index is 11.4. The average molecular weight is 210 g/mol. The van der Waals surface area contributed by atoms with E-state index in [1.54, 1.807) is 6.08 Å². The smallest absolute Gasteiger partial charge is 0.306 e. The minimum Gasteiger partial charge on any atom is -0.469 e. The quantitative estimate of drug-likeness (QED) is 0.656. The van der Waals surface area contributed by atoms with Gasteiger partial charge in [-0.2, -0.15) is 0 Å². The average Bonchev–Trinajstić information content (AvgIpc) is 2.09. The van der Waals surface area contributed by atoms with E-state index in [2.05, 4.69) is 4.74 Å². The van der Waals surface area contributed by atoms with E-state index in [4.69, 9.17) is 0 Å². The van der Waals surface area contributed by atoms with Crippen molar-refractivity contribution < 1.29 is 14.3 Å². The number of ether oxygens (including phenoxy) is 1. The highest BCUT2D eigenvalue weighted by Crippen LogP contribution is 2.41. The lowest BCUT2D eigenvalue weighted by molar-refractivity contribution is -0.143. The van der Waals surface area contributed by atoms with Crippen molar-refractivity contribution in [2.24, 2.45) is 11.3 Å². The molecule has 15 heavy (non-hydrogen) atoms. The minimum absolute atomic E-state index is 0.114. The molecule has 0 saturated carbocycles. The maximum absolute atomic E-state index is 11.4. The second-order valence-electron chi connectivity index (χ2n) is 4.85. The molecule has 0 heterocycles. The van der Waals surface area contributed by atoms with Crippen LogP contribution in [0, 0.1) is 11.3 Å². The molecule has 0 N–H and O–H groups in total. The van der Waals surface area contributed by atoms with Gasteiger partial charge in [-0.15, -0.1) is 0 Å². The zero-order valence-electron chi connectivity index (χ0n) is 9.79.